The summed E-state index contributed by atoms with van der Waals surface area (Å²) in [4.78, 5) is 19.5. The van der Waals surface area contributed by atoms with Gasteiger partial charge in [0, 0.05) is 18.8 Å². The van der Waals surface area contributed by atoms with Crippen molar-refractivity contribution in [2.24, 2.45) is 10.2 Å². The van der Waals surface area contributed by atoms with Crippen LogP contribution in [0.5, 0.6) is 0 Å². The lowest BCUT2D eigenvalue weighted by atomic mass is 10.2. The van der Waals surface area contributed by atoms with Gasteiger partial charge in [0.2, 0.25) is 11.6 Å². The van der Waals surface area contributed by atoms with Gasteiger partial charge in [0.25, 0.3) is 10.0 Å². The topological polar surface area (TPSA) is 143 Å². The molecule has 2 aromatic rings. The fourth-order valence-electron chi connectivity index (χ4n) is 2.10. The van der Waals surface area contributed by atoms with Crippen LogP contribution in [0.2, 0.25) is 0 Å². The second kappa shape index (κ2) is 10.3. The number of aromatic nitrogens is 2. The molecule has 2 rings (SSSR count). The molecule has 0 spiro atoms. The third kappa shape index (κ3) is 6.35. The highest BCUT2D eigenvalue weighted by atomic mass is 32.2. The zero-order valence-electron chi connectivity index (χ0n) is 15.9. The van der Waals surface area contributed by atoms with Crippen molar-refractivity contribution in [1.29, 1.82) is 0 Å². The molecule has 2 N–H and O–H groups in total. The van der Waals surface area contributed by atoms with Crippen molar-refractivity contribution >= 4 is 27.6 Å². The first-order chi connectivity index (χ1) is 13.9. The fraction of sp³-hybridized carbons (Fsp3) is 0.278. The number of hydrogen-bond donors (Lipinski definition) is 2. The Morgan fingerprint density at radius 1 is 1.17 bits per heavy atom. The number of benzene rings is 1. The maximum Gasteiger partial charge on any atom is 0.362 e. The molecule has 0 amide bonds. The van der Waals surface area contributed by atoms with Gasteiger partial charge in [0.15, 0.2) is 0 Å². The summed E-state index contributed by atoms with van der Waals surface area (Å²) >= 11 is 0. The predicted molar refractivity (Wildman–Crippen MR) is 105 cm³/mol. The van der Waals surface area contributed by atoms with Crippen LogP contribution in [0.15, 0.2) is 69.3 Å². The first-order valence-corrected chi connectivity index (χ1v) is 10.3. The number of sulfonamides is 1. The summed E-state index contributed by atoms with van der Waals surface area (Å²) in [7, 11) is -3.87. The normalized spacial score (nSPS) is 12.5. The summed E-state index contributed by atoms with van der Waals surface area (Å²) < 4.78 is 31.8. The van der Waals surface area contributed by atoms with Crippen molar-refractivity contribution in [3.05, 3.63) is 54.2 Å². The standard InChI is InChI=1S/C18H21N5O5S/c1-3-6-15(24)16(17(25)28-4-2)22-21-13-7-9-14(10-8-13)29(26,27)23-18-19-11-5-12-20-18/h5,7-12,24H,3-4,6H2,1-2H3,(H,19,20,23)/b16-15+,22-21?. The predicted octanol–water partition coefficient (Wildman–Crippen LogP) is 3.49. The van der Waals surface area contributed by atoms with Crippen LogP contribution in [0.3, 0.4) is 0 Å². The SMILES string of the molecule is CCC/C(O)=C(\N=Nc1ccc(S(=O)(=O)Nc2ncccn2)cc1)C(=O)OCC. The van der Waals surface area contributed by atoms with Gasteiger partial charge in [-0.2, -0.15) is 5.11 Å². The average Bonchev–Trinajstić information content (AvgIpc) is 2.69. The first kappa shape index (κ1) is 22.0. The molecule has 0 saturated carbocycles. The van der Waals surface area contributed by atoms with Gasteiger partial charge in [0.05, 0.1) is 17.2 Å². The molecule has 0 atom stereocenters. The van der Waals surface area contributed by atoms with E-state index in [4.69, 9.17) is 4.74 Å². The van der Waals surface area contributed by atoms with Gasteiger partial charge < -0.3 is 9.84 Å². The van der Waals surface area contributed by atoms with E-state index in [9.17, 15) is 18.3 Å². The molecule has 11 heteroatoms. The van der Waals surface area contributed by atoms with Crippen LogP contribution in [0.4, 0.5) is 11.6 Å². The number of ether oxygens (including phenoxy) is 1. The summed E-state index contributed by atoms with van der Waals surface area (Å²) in [6, 6.07) is 7.01. The Hall–Kier alpha value is -3.34. The quantitative estimate of drug-likeness (QED) is 0.274. The van der Waals surface area contributed by atoms with Crippen LogP contribution in [0.25, 0.3) is 0 Å². The zero-order chi connectivity index (χ0) is 21.3. The van der Waals surface area contributed by atoms with Gasteiger partial charge in [0.1, 0.15) is 5.76 Å². The van der Waals surface area contributed by atoms with E-state index >= 15 is 0 Å². The van der Waals surface area contributed by atoms with E-state index in [0.29, 0.717) is 6.42 Å². The molecule has 154 valence electrons. The highest BCUT2D eigenvalue weighted by Crippen LogP contribution is 2.20. The molecule has 1 aromatic carbocycles. The molecule has 0 radical (unpaired) electrons. The van der Waals surface area contributed by atoms with Crippen LogP contribution in [0, 0.1) is 0 Å². The van der Waals surface area contributed by atoms with Crippen molar-refractivity contribution in [2.75, 3.05) is 11.3 Å². The maximum absolute atomic E-state index is 12.4. The fourth-order valence-corrected chi connectivity index (χ4v) is 3.06. The third-order valence-electron chi connectivity index (χ3n) is 3.43. The molecule has 0 aliphatic rings. The van der Waals surface area contributed by atoms with Gasteiger partial charge in [-0.25, -0.2) is 27.9 Å². The lowest BCUT2D eigenvalue weighted by Crippen LogP contribution is -2.14. The molecule has 29 heavy (non-hydrogen) atoms. The van der Waals surface area contributed by atoms with Crippen LogP contribution in [-0.4, -0.2) is 36.1 Å². The van der Waals surface area contributed by atoms with E-state index in [1.165, 1.54) is 36.7 Å². The smallest absolute Gasteiger partial charge is 0.362 e. The number of esters is 1. The minimum atomic E-state index is -3.87. The summed E-state index contributed by atoms with van der Waals surface area (Å²) in [6.07, 6.45) is 3.68. The van der Waals surface area contributed by atoms with Crippen LogP contribution in [0.1, 0.15) is 26.7 Å². The van der Waals surface area contributed by atoms with Crippen LogP contribution >= 0.6 is 0 Å². The lowest BCUT2D eigenvalue weighted by Gasteiger charge is -2.06. The van der Waals surface area contributed by atoms with Gasteiger partial charge in [-0.15, -0.1) is 5.11 Å². The molecule has 0 aliphatic carbocycles. The molecule has 0 unspecified atom stereocenters. The first-order valence-electron chi connectivity index (χ1n) is 8.78. The Balaban J connectivity index is 2.20. The highest BCUT2D eigenvalue weighted by molar-refractivity contribution is 7.92. The Morgan fingerprint density at radius 3 is 2.41 bits per heavy atom. The molecule has 0 saturated heterocycles. The van der Waals surface area contributed by atoms with Gasteiger partial charge >= 0.3 is 5.97 Å². The third-order valence-corrected chi connectivity index (χ3v) is 4.78. The lowest BCUT2D eigenvalue weighted by molar-refractivity contribution is -0.138. The number of hydrogen-bond acceptors (Lipinski definition) is 9. The van der Waals surface area contributed by atoms with Crippen molar-refractivity contribution in [3.63, 3.8) is 0 Å². The number of rotatable bonds is 9. The summed E-state index contributed by atoms with van der Waals surface area (Å²) in [5.41, 5.74) is -0.000649. The van der Waals surface area contributed by atoms with Crippen molar-refractivity contribution in [2.45, 2.75) is 31.6 Å². The van der Waals surface area contributed by atoms with Gasteiger partial charge in [-0.05, 0) is 43.7 Å². The van der Waals surface area contributed by atoms with Crippen molar-refractivity contribution in [1.82, 2.24) is 9.97 Å². The summed E-state index contributed by atoms with van der Waals surface area (Å²) in [6.45, 7) is 3.60. The molecule has 0 fully saturated rings. The second-order valence-corrected chi connectivity index (χ2v) is 7.32. The van der Waals surface area contributed by atoms with E-state index in [1.54, 1.807) is 13.0 Å². The number of nitrogens with zero attached hydrogens (tertiary/aromatic N) is 4. The molecule has 0 bridgehead atoms. The Kier molecular flexibility index (Phi) is 7.78. The molecular weight excluding hydrogens is 398 g/mol. The number of anilines is 1. The van der Waals surface area contributed by atoms with Crippen molar-refractivity contribution < 1.29 is 23.1 Å². The van der Waals surface area contributed by atoms with Crippen LogP contribution < -0.4 is 4.72 Å². The molecule has 1 aromatic heterocycles. The van der Waals surface area contributed by atoms with E-state index < -0.39 is 16.0 Å². The zero-order valence-corrected chi connectivity index (χ0v) is 16.8. The highest BCUT2D eigenvalue weighted by Gasteiger charge is 2.17. The van der Waals surface area contributed by atoms with Gasteiger partial charge in [-0.3, -0.25) is 0 Å². The number of nitrogens with one attached hydrogen (secondary N) is 1. The Labute approximate surface area is 168 Å². The largest absolute Gasteiger partial charge is 0.510 e. The van der Waals surface area contributed by atoms with Crippen LogP contribution in [-0.2, 0) is 19.6 Å². The van der Waals surface area contributed by atoms with E-state index in [-0.39, 0.29) is 41.0 Å². The number of carbonyl (C=O) groups excluding carboxylic acids is 1. The van der Waals surface area contributed by atoms with Gasteiger partial charge in [-0.1, -0.05) is 6.92 Å². The molecule has 10 nitrogen and oxygen atoms in total. The van der Waals surface area contributed by atoms with E-state index in [0.717, 1.165) is 0 Å². The second-order valence-electron chi connectivity index (χ2n) is 5.64. The monoisotopic (exact) mass is 419 g/mol. The minimum Gasteiger partial charge on any atom is -0.510 e. The average molecular weight is 419 g/mol. The van der Waals surface area contributed by atoms with E-state index in [2.05, 4.69) is 24.9 Å². The van der Waals surface area contributed by atoms with Crippen molar-refractivity contribution in [3.8, 4) is 0 Å². The minimum absolute atomic E-state index is 0.0288. The Morgan fingerprint density at radius 2 is 1.83 bits per heavy atom. The number of aliphatic hydroxyl groups excluding tert-OH is 1. The Bertz CT molecular complexity index is 989. The molecular formula is C18H21N5O5S. The number of azo groups is 1. The maximum atomic E-state index is 12.4. The summed E-state index contributed by atoms with van der Waals surface area (Å²) in [5, 5.41) is 17.7. The molecule has 1 heterocycles. The molecule has 0 aliphatic heterocycles. The number of aliphatic hydroxyl groups is 1. The van der Waals surface area contributed by atoms with E-state index in [1.807, 2.05) is 6.92 Å². The number of carbonyl (C=O) groups is 1. The number of allylic oxidation sites excluding steroid dienone is 1. The summed E-state index contributed by atoms with van der Waals surface area (Å²) in [5.74, 6) is -1.05.